The first-order chi connectivity index (χ1) is 16.1. The summed E-state index contributed by atoms with van der Waals surface area (Å²) >= 11 is 0. The lowest BCUT2D eigenvalue weighted by atomic mass is 9.82. The normalized spacial score (nSPS) is 22.1. The van der Waals surface area contributed by atoms with Gasteiger partial charge in [0.05, 0.1) is 16.7 Å². The summed E-state index contributed by atoms with van der Waals surface area (Å²) in [6, 6.07) is 9.98. The standard InChI is InChI=1S/C24H19N3O7/c1-12(2)13-6-7-16-19(9-13)34-24(31)17-4-3-5-18(27(32)33)20(17)21(29)23(16,24)26-22(30)14-8-15(28)11-25-10-14/h3-12,28,31H,1-2H3,(H,26,30). The molecule has 0 spiro atoms. The van der Waals surface area contributed by atoms with Gasteiger partial charge in [0.25, 0.3) is 17.4 Å². The van der Waals surface area contributed by atoms with E-state index in [9.17, 15) is 29.9 Å². The Morgan fingerprint density at radius 1 is 1.18 bits per heavy atom. The number of ketones is 1. The number of carbonyl (C=O) groups excluding carboxylic acids is 2. The van der Waals surface area contributed by atoms with Gasteiger partial charge in [-0.2, -0.15) is 0 Å². The zero-order chi connectivity index (χ0) is 24.4. The molecule has 1 aliphatic heterocycles. The summed E-state index contributed by atoms with van der Waals surface area (Å²) in [4.78, 5) is 41.9. The van der Waals surface area contributed by atoms with Crippen molar-refractivity contribution in [2.24, 2.45) is 0 Å². The van der Waals surface area contributed by atoms with E-state index in [4.69, 9.17) is 4.74 Å². The van der Waals surface area contributed by atoms with Gasteiger partial charge in [0, 0.05) is 23.4 Å². The lowest BCUT2D eigenvalue weighted by Crippen LogP contribution is -2.60. The van der Waals surface area contributed by atoms with Crippen molar-refractivity contribution in [3.8, 4) is 11.5 Å². The highest BCUT2D eigenvalue weighted by Gasteiger charge is 2.73. The number of nitrogens with one attached hydrogen (secondary N) is 1. The number of fused-ring (bicyclic) bond motifs is 5. The van der Waals surface area contributed by atoms with Gasteiger partial charge in [0.2, 0.25) is 11.3 Å². The number of hydrogen-bond donors (Lipinski definition) is 3. The van der Waals surface area contributed by atoms with Crippen LogP contribution in [0.2, 0.25) is 0 Å². The molecule has 2 aliphatic rings. The summed E-state index contributed by atoms with van der Waals surface area (Å²) in [5, 5.41) is 35.9. The maximum atomic E-state index is 13.9. The van der Waals surface area contributed by atoms with Gasteiger partial charge in [-0.3, -0.25) is 24.7 Å². The SMILES string of the molecule is CC(C)c1ccc2c(c1)OC1(O)c3cccc([N+](=O)[O-])c3C(=O)C21NC(=O)c1cncc(O)c1. The number of aromatic hydroxyl groups is 1. The molecule has 34 heavy (non-hydrogen) atoms. The van der Waals surface area contributed by atoms with Crippen LogP contribution in [0.1, 0.15) is 57.2 Å². The van der Waals surface area contributed by atoms with E-state index < -0.39 is 33.6 Å². The molecule has 172 valence electrons. The van der Waals surface area contributed by atoms with Crippen LogP contribution in [0.5, 0.6) is 11.5 Å². The van der Waals surface area contributed by atoms with Crippen LogP contribution in [0.4, 0.5) is 5.69 Å². The number of pyridine rings is 1. The highest BCUT2D eigenvalue weighted by molar-refractivity contribution is 6.15. The summed E-state index contributed by atoms with van der Waals surface area (Å²) in [6.07, 6.45) is 2.31. The molecule has 2 heterocycles. The first-order valence-electron chi connectivity index (χ1n) is 10.4. The van der Waals surface area contributed by atoms with Gasteiger partial charge in [0.15, 0.2) is 0 Å². The average molecular weight is 461 g/mol. The quantitative estimate of drug-likeness (QED) is 0.396. The van der Waals surface area contributed by atoms with Gasteiger partial charge >= 0.3 is 0 Å². The van der Waals surface area contributed by atoms with Gasteiger partial charge in [-0.1, -0.05) is 38.1 Å². The van der Waals surface area contributed by atoms with E-state index in [1.807, 2.05) is 13.8 Å². The maximum absolute atomic E-state index is 13.9. The molecule has 0 saturated heterocycles. The molecule has 2 atom stereocenters. The highest BCUT2D eigenvalue weighted by Crippen LogP contribution is 2.59. The molecule has 10 heteroatoms. The molecule has 0 fully saturated rings. The predicted octanol–water partition coefficient (Wildman–Crippen LogP) is 2.88. The summed E-state index contributed by atoms with van der Waals surface area (Å²) in [7, 11) is 0. The van der Waals surface area contributed by atoms with Crippen molar-refractivity contribution in [1.29, 1.82) is 0 Å². The summed E-state index contributed by atoms with van der Waals surface area (Å²) in [6.45, 7) is 3.92. The number of aliphatic hydroxyl groups is 1. The number of nitrogens with zero attached hydrogens (tertiary/aromatic N) is 2. The Balaban J connectivity index is 1.76. The first kappa shape index (κ1) is 21.5. The largest absolute Gasteiger partial charge is 0.506 e. The Morgan fingerprint density at radius 2 is 1.94 bits per heavy atom. The summed E-state index contributed by atoms with van der Waals surface area (Å²) < 4.78 is 5.94. The third kappa shape index (κ3) is 2.69. The second-order valence-electron chi connectivity index (χ2n) is 8.58. The number of nitro groups is 1. The Bertz CT molecular complexity index is 1400. The van der Waals surface area contributed by atoms with Crippen molar-refractivity contribution >= 4 is 17.4 Å². The van der Waals surface area contributed by atoms with E-state index in [-0.39, 0.29) is 39.7 Å². The Labute approximate surface area is 193 Å². The molecule has 0 saturated carbocycles. The number of nitro benzene ring substituents is 1. The van der Waals surface area contributed by atoms with Crippen LogP contribution in [-0.4, -0.2) is 31.8 Å². The molecule has 2 unspecified atom stereocenters. The zero-order valence-corrected chi connectivity index (χ0v) is 18.1. The summed E-state index contributed by atoms with van der Waals surface area (Å²) in [5.41, 5.74) is -2.23. The minimum atomic E-state index is -2.44. The van der Waals surface area contributed by atoms with Crippen LogP contribution in [0, 0.1) is 10.1 Å². The summed E-state index contributed by atoms with van der Waals surface area (Å²) in [5.74, 6) is -4.15. The van der Waals surface area contributed by atoms with Crippen LogP contribution in [-0.2, 0) is 11.3 Å². The minimum Gasteiger partial charge on any atom is -0.506 e. The van der Waals surface area contributed by atoms with Gasteiger partial charge in [-0.25, -0.2) is 0 Å². The second-order valence-corrected chi connectivity index (χ2v) is 8.58. The Kier molecular flexibility index (Phi) is 4.49. The van der Waals surface area contributed by atoms with E-state index in [1.54, 1.807) is 18.2 Å². The second kappa shape index (κ2) is 7.09. The topological polar surface area (TPSA) is 152 Å². The number of ether oxygens (including phenoxy) is 1. The van der Waals surface area contributed by atoms with Crippen LogP contribution in [0.25, 0.3) is 0 Å². The van der Waals surface area contributed by atoms with Crippen LogP contribution in [0.3, 0.4) is 0 Å². The van der Waals surface area contributed by atoms with Crippen LogP contribution < -0.4 is 10.1 Å². The smallest absolute Gasteiger partial charge is 0.280 e. The molecule has 2 aromatic carbocycles. The van der Waals surface area contributed by atoms with Gasteiger partial charge in [0.1, 0.15) is 17.1 Å². The lowest BCUT2D eigenvalue weighted by molar-refractivity contribution is -0.385. The van der Waals surface area contributed by atoms with E-state index in [0.717, 1.165) is 23.9 Å². The van der Waals surface area contributed by atoms with Crippen molar-refractivity contribution in [3.05, 3.63) is 92.8 Å². The third-order valence-corrected chi connectivity index (χ3v) is 6.30. The predicted molar refractivity (Wildman–Crippen MR) is 118 cm³/mol. The number of benzene rings is 2. The Hall–Kier alpha value is -4.31. The number of aromatic nitrogens is 1. The Morgan fingerprint density at radius 3 is 2.62 bits per heavy atom. The van der Waals surface area contributed by atoms with Crippen molar-refractivity contribution < 1.29 is 29.5 Å². The molecule has 0 radical (unpaired) electrons. The monoisotopic (exact) mass is 461 g/mol. The fourth-order valence-electron chi connectivity index (χ4n) is 4.65. The van der Waals surface area contributed by atoms with Crippen LogP contribution in [0.15, 0.2) is 54.9 Å². The number of amides is 1. The fraction of sp³-hybridized carbons (Fsp3) is 0.208. The molecule has 3 aromatic rings. The van der Waals surface area contributed by atoms with E-state index in [0.29, 0.717) is 0 Å². The van der Waals surface area contributed by atoms with Crippen molar-refractivity contribution in [2.75, 3.05) is 0 Å². The molecule has 3 N–H and O–H groups in total. The van der Waals surface area contributed by atoms with Crippen molar-refractivity contribution in [2.45, 2.75) is 31.1 Å². The zero-order valence-electron chi connectivity index (χ0n) is 18.1. The van der Waals surface area contributed by atoms with Gasteiger partial charge in [-0.15, -0.1) is 0 Å². The van der Waals surface area contributed by atoms with E-state index >= 15 is 0 Å². The number of rotatable bonds is 4. The van der Waals surface area contributed by atoms with Gasteiger partial charge < -0.3 is 20.3 Å². The number of hydrogen-bond acceptors (Lipinski definition) is 8. The molecule has 1 aliphatic carbocycles. The highest BCUT2D eigenvalue weighted by atomic mass is 16.6. The van der Waals surface area contributed by atoms with E-state index in [1.165, 1.54) is 18.3 Å². The first-order valence-corrected chi connectivity index (χ1v) is 10.4. The molecule has 0 bridgehead atoms. The van der Waals surface area contributed by atoms with E-state index in [2.05, 4.69) is 10.3 Å². The van der Waals surface area contributed by atoms with Crippen molar-refractivity contribution in [1.82, 2.24) is 10.3 Å². The fourth-order valence-corrected chi connectivity index (χ4v) is 4.65. The number of Topliss-reactive ketones (excluding diaryl/α,β-unsaturated/α-hetero) is 1. The number of carbonyl (C=O) groups is 2. The maximum Gasteiger partial charge on any atom is 0.280 e. The molecular weight excluding hydrogens is 442 g/mol. The molecule has 5 rings (SSSR count). The van der Waals surface area contributed by atoms with Crippen LogP contribution >= 0.6 is 0 Å². The minimum absolute atomic E-state index is 0.0813. The molecule has 1 aromatic heterocycles. The molecular formula is C24H19N3O7. The third-order valence-electron chi connectivity index (χ3n) is 6.30. The molecule has 10 nitrogen and oxygen atoms in total. The van der Waals surface area contributed by atoms with Crippen molar-refractivity contribution in [3.63, 3.8) is 0 Å². The van der Waals surface area contributed by atoms with Gasteiger partial charge in [-0.05, 0) is 23.6 Å². The molecule has 1 amide bonds. The lowest BCUT2D eigenvalue weighted by Gasteiger charge is -2.34. The average Bonchev–Trinajstić information content (AvgIpc) is 3.15.